The van der Waals surface area contributed by atoms with Gasteiger partial charge < -0.3 is 10.2 Å². The highest BCUT2D eigenvalue weighted by atomic mass is 19.4. The number of hydrogen-bond donors (Lipinski definition) is 1. The molecule has 222 valence electrons. The fraction of sp³-hybridized carbons (Fsp3) is 0.176. The summed E-state index contributed by atoms with van der Waals surface area (Å²) in [6, 6.07) is 22.3. The van der Waals surface area contributed by atoms with Crippen LogP contribution < -0.4 is 5.32 Å². The molecule has 7 nitrogen and oxygen atoms in total. The first-order valence-electron chi connectivity index (χ1n) is 14.0. The average molecular weight is 598 g/mol. The number of anilines is 1. The van der Waals surface area contributed by atoms with Gasteiger partial charge >= 0.3 is 6.18 Å². The molecule has 0 radical (unpaired) electrons. The van der Waals surface area contributed by atoms with E-state index in [-0.39, 0.29) is 23.6 Å². The summed E-state index contributed by atoms with van der Waals surface area (Å²) >= 11 is 0. The second-order valence-electron chi connectivity index (χ2n) is 10.8. The molecule has 4 amide bonds. The highest BCUT2D eigenvalue weighted by Gasteiger charge is 2.42. The molecule has 0 saturated heterocycles. The van der Waals surface area contributed by atoms with Crippen molar-refractivity contribution in [1.82, 2.24) is 9.80 Å². The smallest absolute Gasteiger partial charge is 0.336 e. The Morgan fingerprint density at radius 2 is 1.41 bits per heavy atom. The summed E-state index contributed by atoms with van der Waals surface area (Å²) in [6.07, 6.45) is -3.95. The quantitative estimate of drug-likeness (QED) is 0.278. The van der Waals surface area contributed by atoms with Gasteiger partial charge in [-0.3, -0.25) is 24.1 Å². The number of imide groups is 1. The van der Waals surface area contributed by atoms with E-state index in [4.69, 9.17) is 0 Å². The number of amides is 4. The lowest BCUT2D eigenvalue weighted by Gasteiger charge is -2.33. The first-order valence-corrected chi connectivity index (χ1v) is 14.0. The summed E-state index contributed by atoms with van der Waals surface area (Å²) < 4.78 is 39.1. The molecule has 1 N–H and O–H groups in total. The predicted octanol–water partition coefficient (Wildman–Crippen LogP) is 6.19. The van der Waals surface area contributed by atoms with E-state index in [1.165, 1.54) is 12.1 Å². The number of halogens is 3. The number of alkyl halides is 3. The van der Waals surface area contributed by atoms with Crippen LogP contribution >= 0.6 is 0 Å². The van der Waals surface area contributed by atoms with Gasteiger partial charge in [0, 0.05) is 24.3 Å². The molecule has 4 aromatic rings. The molecule has 10 heteroatoms. The van der Waals surface area contributed by atoms with Gasteiger partial charge in [0.2, 0.25) is 5.91 Å². The van der Waals surface area contributed by atoms with Crippen LogP contribution in [0.2, 0.25) is 0 Å². The SMILES string of the molecule is CC(C(=O)N1CCc2cc(NC(=O)c3ccccc3-c3ccc(C(F)(F)F)cc3)ccc2C1)N1C(=O)c2ccccc2C1=O. The summed E-state index contributed by atoms with van der Waals surface area (Å²) in [5.74, 6) is -1.71. The normalized spacial score (nSPS) is 15.1. The van der Waals surface area contributed by atoms with Crippen LogP contribution in [0, 0.1) is 0 Å². The van der Waals surface area contributed by atoms with Crippen LogP contribution in [0.15, 0.2) is 91.0 Å². The third kappa shape index (κ3) is 5.23. The molecule has 0 spiro atoms. The molecular formula is C34H26F3N3O4. The van der Waals surface area contributed by atoms with Gasteiger partial charge in [-0.1, -0.05) is 48.5 Å². The van der Waals surface area contributed by atoms with E-state index in [0.717, 1.165) is 28.2 Å². The van der Waals surface area contributed by atoms with E-state index in [0.29, 0.717) is 35.3 Å². The molecule has 0 aromatic heterocycles. The summed E-state index contributed by atoms with van der Waals surface area (Å²) in [5.41, 5.74) is 3.45. The molecule has 0 aliphatic carbocycles. The largest absolute Gasteiger partial charge is 0.416 e. The monoisotopic (exact) mass is 597 g/mol. The zero-order valence-electron chi connectivity index (χ0n) is 23.5. The van der Waals surface area contributed by atoms with Crippen molar-refractivity contribution in [2.75, 3.05) is 11.9 Å². The van der Waals surface area contributed by atoms with E-state index in [2.05, 4.69) is 5.32 Å². The van der Waals surface area contributed by atoms with Crippen molar-refractivity contribution in [2.45, 2.75) is 32.1 Å². The Morgan fingerprint density at radius 1 is 0.795 bits per heavy atom. The number of fused-ring (bicyclic) bond motifs is 2. The van der Waals surface area contributed by atoms with Crippen molar-refractivity contribution in [3.63, 3.8) is 0 Å². The van der Waals surface area contributed by atoms with Crippen LogP contribution in [0.25, 0.3) is 11.1 Å². The third-order valence-corrected chi connectivity index (χ3v) is 8.05. The Morgan fingerprint density at radius 3 is 2.05 bits per heavy atom. The molecule has 2 heterocycles. The standard InChI is InChI=1S/C34H26F3N3O4/c1-20(40-32(43)28-8-4-5-9-29(28)33(40)44)31(42)39-17-16-22-18-25(15-12-23(22)19-39)38-30(41)27-7-3-2-6-26(27)21-10-13-24(14-11-21)34(35,36)37/h2-15,18,20H,16-17,19H2,1H3,(H,38,41). The second-order valence-corrected chi connectivity index (χ2v) is 10.8. The molecule has 0 fully saturated rings. The summed E-state index contributed by atoms with van der Waals surface area (Å²) in [4.78, 5) is 55.0. The lowest BCUT2D eigenvalue weighted by molar-refractivity contribution is -0.137. The molecule has 44 heavy (non-hydrogen) atoms. The minimum absolute atomic E-state index is 0.284. The minimum Gasteiger partial charge on any atom is -0.336 e. The lowest BCUT2D eigenvalue weighted by Crippen LogP contribution is -2.50. The van der Waals surface area contributed by atoms with Gasteiger partial charge in [0.15, 0.2) is 0 Å². The zero-order valence-corrected chi connectivity index (χ0v) is 23.5. The molecule has 4 aromatic carbocycles. The molecule has 1 atom stereocenters. The van der Waals surface area contributed by atoms with Crippen molar-refractivity contribution in [3.05, 3.63) is 124 Å². The number of nitrogens with zero attached hydrogens (tertiary/aromatic N) is 2. The Labute approximate surface area is 250 Å². The summed E-state index contributed by atoms with van der Waals surface area (Å²) in [6.45, 7) is 2.21. The van der Waals surface area contributed by atoms with Gasteiger partial charge in [-0.25, -0.2) is 0 Å². The van der Waals surface area contributed by atoms with E-state index in [1.54, 1.807) is 66.4 Å². The Hall–Kier alpha value is -5.25. The first-order chi connectivity index (χ1) is 21.0. The minimum atomic E-state index is -4.46. The summed E-state index contributed by atoms with van der Waals surface area (Å²) in [5, 5.41) is 2.88. The van der Waals surface area contributed by atoms with Crippen LogP contribution in [-0.4, -0.2) is 46.0 Å². The maximum Gasteiger partial charge on any atom is 0.416 e. The van der Waals surface area contributed by atoms with Crippen LogP contribution in [0.3, 0.4) is 0 Å². The Kier molecular flexibility index (Phi) is 7.28. The van der Waals surface area contributed by atoms with Crippen LogP contribution in [-0.2, 0) is 23.9 Å². The van der Waals surface area contributed by atoms with Crippen molar-refractivity contribution < 1.29 is 32.3 Å². The second kappa shape index (κ2) is 11.1. The number of rotatable bonds is 5. The number of hydrogen-bond acceptors (Lipinski definition) is 4. The molecule has 0 bridgehead atoms. The molecule has 6 rings (SSSR count). The molecule has 2 aliphatic rings. The first kappa shape index (κ1) is 28.9. The van der Waals surface area contributed by atoms with E-state index >= 15 is 0 Å². The number of nitrogens with one attached hydrogen (secondary N) is 1. The van der Waals surface area contributed by atoms with Gasteiger partial charge in [-0.15, -0.1) is 0 Å². The highest BCUT2D eigenvalue weighted by Crippen LogP contribution is 2.33. The van der Waals surface area contributed by atoms with Gasteiger partial charge in [-0.05, 0) is 78.1 Å². The van der Waals surface area contributed by atoms with E-state index < -0.39 is 35.5 Å². The van der Waals surface area contributed by atoms with E-state index in [1.807, 2.05) is 12.1 Å². The van der Waals surface area contributed by atoms with Crippen LogP contribution in [0.5, 0.6) is 0 Å². The highest BCUT2D eigenvalue weighted by molar-refractivity contribution is 6.22. The number of benzene rings is 4. The van der Waals surface area contributed by atoms with Gasteiger partial charge in [-0.2, -0.15) is 13.2 Å². The maximum absolute atomic E-state index is 13.4. The number of carbonyl (C=O) groups is 4. The van der Waals surface area contributed by atoms with Gasteiger partial charge in [0.05, 0.1) is 16.7 Å². The maximum atomic E-state index is 13.4. The topological polar surface area (TPSA) is 86.8 Å². The Balaban J connectivity index is 1.14. The van der Waals surface area contributed by atoms with Crippen molar-refractivity contribution >= 4 is 29.3 Å². The summed E-state index contributed by atoms with van der Waals surface area (Å²) in [7, 11) is 0. The van der Waals surface area contributed by atoms with Crippen LogP contribution in [0.1, 0.15) is 54.7 Å². The lowest BCUT2D eigenvalue weighted by atomic mass is 9.97. The number of carbonyl (C=O) groups excluding carboxylic acids is 4. The zero-order chi connectivity index (χ0) is 31.2. The fourth-order valence-corrected chi connectivity index (χ4v) is 5.72. The molecule has 2 aliphatic heterocycles. The van der Waals surface area contributed by atoms with Gasteiger partial charge in [0.25, 0.3) is 17.7 Å². The van der Waals surface area contributed by atoms with Gasteiger partial charge in [0.1, 0.15) is 6.04 Å². The Bertz CT molecular complexity index is 1780. The van der Waals surface area contributed by atoms with Crippen molar-refractivity contribution in [2.24, 2.45) is 0 Å². The average Bonchev–Trinajstić information content (AvgIpc) is 3.28. The van der Waals surface area contributed by atoms with Crippen molar-refractivity contribution in [1.29, 1.82) is 0 Å². The molecular weight excluding hydrogens is 571 g/mol. The van der Waals surface area contributed by atoms with E-state index in [9.17, 15) is 32.3 Å². The molecule has 1 unspecified atom stereocenters. The van der Waals surface area contributed by atoms with Crippen LogP contribution in [0.4, 0.5) is 18.9 Å². The van der Waals surface area contributed by atoms with Crippen molar-refractivity contribution in [3.8, 4) is 11.1 Å². The molecule has 0 saturated carbocycles. The third-order valence-electron chi connectivity index (χ3n) is 8.05. The predicted molar refractivity (Wildman–Crippen MR) is 157 cm³/mol. The fourth-order valence-electron chi connectivity index (χ4n) is 5.72.